The summed E-state index contributed by atoms with van der Waals surface area (Å²) in [5.74, 6) is 1.50. The van der Waals surface area contributed by atoms with Gasteiger partial charge in [0.1, 0.15) is 5.75 Å². The first kappa shape index (κ1) is 20.8. The smallest absolute Gasteiger partial charge is 0.251 e. The summed E-state index contributed by atoms with van der Waals surface area (Å²) < 4.78 is 7.72. The van der Waals surface area contributed by atoms with Crippen LogP contribution in [0.25, 0.3) is 5.69 Å². The van der Waals surface area contributed by atoms with Gasteiger partial charge >= 0.3 is 0 Å². The van der Waals surface area contributed by atoms with E-state index in [0.29, 0.717) is 18.7 Å². The van der Waals surface area contributed by atoms with Crippen molar-refractivity contribution < 1.29 is 9.53 Å². The third-order valence-electron chi connectivity index (χ3n) is 4.69. The lowest BCUT2D eigenvalue weighted by atomic mass is 10.1. The molecular formula is C25H23N3O2S. The van der Waals surface area contributed by atoms with Crippen molar-refractivity contribution >= 4 is 17.7 Å². The Balaban J connectivity index is 1.27. The van der Waals surface area contributed by atoms with E-state index < -0.39 is 0 Å². The zero-order chi connectivity index (χ0) is 21.3. The van der Waals surface area contributed by atoms with Crippen LogP contribution in [0, 0.1) is 0 Å². The molecule has 0 unspecified atom stereocenters. The van der Waals surface area contributed by atoms with Gasteiger partial charge in [0.25, 0.3) is 5.91 Å². The molecule has 0 aliphatic carbocycles. The number of nitrogens with zero attached hydrogens (tertiary/aromatic N) is 2. The quantitative estimate of drug-likeness (QED) is 0.301. The van der Waals surface area contributed by atoms with E-state index in [-0.39, 0.29) is 5.91 Å². The highest BCUT2D eigenvalue weighted by Gasteiger charge is 2.08. The molecule has 6 heteroatoms. The molecule has 0 saturated heterocycles. The number of carbonyl (C=O) groups excluding carboxylic acids is 1. The number of ether oxygens (including phenoxy) is 1. The van der Waals surface area contributed by atoms with E-state index in [2.05, 4.69) is 22.4 Å². The highest BCUT2D eigenvalue weighted by Crippen LogP contribution is 2.18. The predicted molar refractivity (Wildman–Crippen MR) is 124 cm³/mol. The molecule has 0 spiro atoms. The largest absolute Gasteiger partial charge is 0.493 e. The first-order chi connectivity index (χ1) is 15.3. The van der Waals surface area contributed by atoms with Crippen molar-refractivity contribution in [3.05, 3.63) is 109 Å². The standard InChI is InChI=1S/C25H23N3O2S/c29-25(27-18-21-6-4-5-9-24(21)28-15-14-26-19-28)20-10-12-22(13-11-20)30-16-17-31-23-7-2-1-3-8-23/h1-15,19H,16-18H2,(H,27,29). The Hall–Kier alpha value is -3.51. The highest BCUT2D eigenvalue weighted by atomic mass is 32.2. The molecule has 1 N–H and O–H groups in total. The van der Waals surface area contributed by atoms with Gasteiger partial charge in [-0.2, -0.15) is 0 Å². The lowest BCUT2D eigenvalue weighted by Gasteiger charge is -2.11. The van der Waals surface area contributed by atoms with Crippen LogP contribution in [-0.2, 0) is 6.54 Å². The maximum Gasteiger partial charge on any atom is 0.251 e. The summed E-state index contributed by atoms with van der Waals surface area (Å²) in [4.78, 5) is 17.9. The monoisotopic (exact) mass is 429 g/mol. The lowest BCUT2D eigenvalue weighted by molar-refractivity contribution is 0.0951. The second kappa shape index (κ2) is 10.5. The van der Waals surface area contributed by atoms with Crippen LogP contribution in [0.5, 0.6) is 5.75 Å². The lowest BCUT2D eigenvalue weighted by Crippen LogP contribution is -2.23. The number of imidazole rings is 1. The minimum atomic E-state index is -0.119. The average Bonchev–Trinajstić information content (AvgIpc) is 3.36. The fraction of sp³-hybridized carbons (Fsp3) is 0.120. The molecule has 0 saturated carbocycles. The third kappa shape index (κ3) is 5.77. The van der Waals surface area contributed by atoms with Gasteiger partial charge in [-0.05, 0) is 48.0 Å². The number of rotatable bonds is 9. The van der Waals surface area contributed by atoms with Crippen molar-refractivity contribution in [1.29, 1.82) is 0 Å². The Morgan fingerprint density at radius 1 is 0.968 bits per heavy atom. The van der Waals surface area contributed by atoms with Crippen molar-refractivity contribution in [3.8, 4) is 11.4 Å². The van der Waals surface area contributed by atoms with Gasteiger partial charge in [0.2, 0.25) is 0 Å². The molecule has 0 atom stereocenters. The zero-order valence-electron chi connectivity index (χ0n) is 17.0. The number of hydrogen-bond donors (Lipinski definition) is 1. The van der Waals surface area contributed by atoms with Crippen LogP contribution in [0.4, 0.5) is 0 Å². The van der Waals surface area contributed by atoms with Gasteiger partial charge in [-0.1, -0.05) is 36.4 Å². The van der Waals surface area contributed by atoms with Gasteiger partial charge in [-0.25, -0.2) is 4.98 Å². The molecule has 0 radical (unpaired) electrons. The van der Waals surface area contributed by atoms with E-state index in [0.717, 1.165) is 22.8 Å². The number of nitrogens with one attached hydrogen (secondary N) is 1. The molecule has 0 aliphatic heterocycles. The topological polar surface area (TPSA) is 56.2 Å². The maximum absolute atomic E-state index is 12.6. The molecule has 1 heterocycles. The second-order valence-electron chi connectivity index (χ2n) is 6.82. The second-order valence-corrected chi connectivity index (χ2v) is 7.98. The summed E-state index contributed by atoms with van der Waals surface area (Å²) in [6, 6.07) is 25.4. The zero-order valence-corrected chi connectivity index (χ0v) is 17.8. The van der Waals surface area contributed by atoms with Crippen LogP contribution in [0.1, 0.15) is 15.9 Å². The number of aromatic nitrogens is 2. The first-order valence-electron chi connectivity index (χ1n) is 10.0. The molecule has 31 heavy (non-hydrogen) atoms. The third-order valence-corrected chi connectivity index (χ3v) is 5.67. The molecule has 156 valence electrons. The van der Waals surface area contributed by atoms with Gasteiger partial charge in [-0.3, -0.25) is 4.79 Å². The van der Waals surface area contributed by atoms with E-state index in [1.165, 1.54) is 4.90 Å². The molecule has 4 aromatic rings. The summed E-state index contributed by atoms with van der Waals surface area (Å²) in [6.07, 6.45) is 5.37. The Morgan fingerprint density at radius 2 is 1.74 bits per heavy atom. The van der Waals surface area contributed by atoms with E-state index >= 15 is 0 Å². The molecule has 0 bridgehead atoms. The van der Waals surface area contributed by atoms with E-state index in [1.54, 1.807) is 36.4 Å². The first-order valence-corrected chi connectivity index (χ1v) is 11.0. The summed E-state index contributed by atoms with van der Waals surface area (Å²) in [7, 11) is 0. The molecule has 3 aromatic carbocycles. The minimum Gasteiger partial charge on any atom is -0.493 e. The number of para-hydroxylation sites is 1. The van der Waals surface area contributed by atoms with E-state index in [4.69, 9.17) is 4.74 Å². The van der Waals surface area contributed by atoms with Gasteiger partial charge < -0.3 is 14.6 Å². The minimum absolute atomic E-state index is 0.119. The summed E-state index contributed by atoms with van der Waals surface area (Å²) in [5.41, 5.74) is 2.62. The highest BCUT2D eigenvalue weighted by molar-refractivity contribution is 7.99. The van der Waals surface area contributed by atoms with Crippen molar-refractivity contribution in [3.63, 3.8) is 0 Å². The molecular weight excluding hydrogens is 406 g/mol. The van der Waals surface area contributed by atoms with E-state index in [9.17, 15) is 4.79 Å². The van der Waals surface area contributed by atoms with Crippen LogP contribution in [0.2, 0.25) is 0 Å². The predicted octanol–water partition coefficient (Wildman–Crippen LogP) is 4.97. The molecule has 1 aromatic heterocycles. The van der Waals surface area contributed by atoms with Gasteiger partial charge in [0, 0.05) is 35.2 Å². The summed E-state index contributed by atoms with van der Waals surface area (Å²) >= 11 is 1.76. The van der Waals surface area contributed by atoms with Crippen molar-refractivity contribution in [2.45, 2.75) is 11.4 Å². The molecule has 1 amide bonds. The van der Waals surface area contributed by atoms with Crippen LogP contribution in [0.15, 0.2) is 102 Å². The van der Waals surface area contributed by atoms with Gasteiger partial charge in [0.15, 0.2) is 0 Å². The Morgan fingerprint density at radius 3 is 2.52 bits per heavy atom. The number of carbonyl (C=O) groups is 1. The van der Waals surface area contributed by atoms with Crippen molar-refractivity contribution in [1.82, 2.24) is 14.9 Å². The van der Waals surface area contributed by atoms with Crippen LogP contribution < -0.4 is 10.1 Å². The Kier molecular flexibility index (Phi) is 7.03. The van der Waals surface area contributed by atoms with Crippen LogP contribution in [-0.4, -0.2) is 27.8 Å². The number of hydrogen-bond acceptors (Lipinski definition) is 4. The Labute approximate surface area is 186 Å². The molecule has 0 aliphatic rings. The molecule has 0 fully saturated rings. The number of amides is 1. The fourth-order valence-corrected chi connectivity index (χ4v) is 3.88. The average molecular weight is 430 g/mol. The van der Waals surface area contributed by atoms with Crippen LogP contribution in [0.3, 0.4) is 0 Å². The van der Waals surface area contributed by atoms with E-state index in [1.807, 2.05) is 65.4 Å². The maximum atomic E-state index is 12.6. The SMILES string of the molecule is O=C(NCc1ccccc1-n1ccnc1)c1ccc(OCCSc2ccccc2)cc1. The molecule has 4 rings (SSSR count). The summed E-state index contributed by atoms with van der Waals surface area (Å²) in [6.45, 7) is 1.04. The fourth-order valence-electron chi connectivity index (χ4n) is 3.13. The normalized spacial score (nSPS) is 10.6. The number of benzene rings is 3. The molecule has 5 nitrogen and oxygen atoms in total. The number of thioether (sulfide) groups is 1. The van der Waals surface area contributed by atoms with Crippen LogP contribution >= 0.6 is 11.8 Å². The van der Waals surface area contributed by atoms with Gasteiger partial charge in [-0.15, -0.1) is 11.8 Å². The van der Waals surface area contributed by atoms with Gasteiger partial charge in [0.05, 0.1) is 18.6 Å². The van der Waals surface area contributed by atoms with Crippen molar-refractivity contribution in [2.75, 3.05) is 12.4 Å². The Bertz CT molecular complexity index is 1100. The van der Waals surface area contributed by atoms with Crippen molar-refractivity contribution in [2.24, 2.45) is 0 Å². The summed E-state index contributed by atoms with van der Waals surface area (Å²) in [5, 5.41) is 2.99.